The lowest BCUT2D eigenvalue weighted by molar-refractivity contribution is -0.146. The van der Waals surface area contributed by atoms with Crippen LogP contribution in [0.15, 0.2) is 0 Å². The summed E-state index contributed by atoms with van der Waals surface area (Å²) in [7, 11) is 0. The molecule has 0 aromatic carbocycles. The van der Waals surface area contributed by atoms with Crippen molar-refractivity contribution in [2.45, 2.75) is 208 Å². The number of rotatable bonds is 34. The van der Waals surface area contributed by atoms with Crippen LogP contribution in [0.2, 0.25) is 0 Å². The van der Waals surface area contributed by atoms with E-state index in [0.717, 1.165) is 116 Å². The van der Waals surface area contributed by atoms with Crippen molar-refractivity contribution in [3.63, 3.8) is 0 Å². The molecule has 0 fully saturated rings. The molecule has 0 saturated carbocycles. The summed E-state index contributed by atoms with van der Waals surface area (Å²) >= 11 is 0. The van der Waals surface area contributed by atoms with Gasteiger partial charge in [-0.2, -0.15) is 0 Å². The Morgan fingerprint density at radius 2 is 0.640 bits per heavy atom. The predicted molar refractivity (Wildman–Crippen MR) is 205 cm³/mol. The van der Waals surface area contributed by atoms with Crippen LogP contribution in [0.3, 0.4) is 0 Å². The average molecular weight is 713 g/mol. The van der Waals surface area contributed by atoms with Gasteiger partial charge in [-0.1, -0.05) is 131 Å². The molecule has 296 valence electrons. The molecular weight excluding hydrogens is 632 g/mol. The average Bonchev–Trinajstić information content (AvgIpc) is 3.11. The normalized spacial score (nSPS) is 12.0. The molecule has 0 aromatic rings. The maximum atomic E-state index is 11.9. The minimum absolute atomic E-state index is 0.0444. The van der Waals surface area contributed by atoms with Gasteiger partial charge in [0.15, 0.2) is 0 Å². The van der Waals surface area contributed by atoms with E-state index in [-0.39, 0.29) is 23.9 Å². The maximum Gasteiger partial charge on any atom is 0.305 e. The minimum atomic E-state index is -0.0996. The van der Waals surface area contributed by atoms with E-state index in [4.69, 9.17) is 18.9 Å². The summed E-state index contributed by atoms with van der Waals surface area (Å²) in [5, 5.41) is 0. The van der Waals surface area contributed by atoms with Gasteiger partial charge in [0.05, 0.1) is 26.4 Å². The van der Waals surface area contributed by atoms with Crippen molar-refractivity contribution in [3.05, 3.63) is 0 Å². The van der Waals surface area contributed by atoms with Crippen molar-refractivity contribution in [3.8, 4) is 0 Å². The zero-order valence-electron chi connectivity index (χ0n) is 33.6. The highest BCUT2D eigenvalue weighted by Gasteiger charge is 2.11. The second-order valence-electron chi connectivity index (χ2n) is 13.9. The standard InChI is InChI=1S/C26H50O4.C16H30O4/c1-5-9-17-23(7-3)21-29-25(27)19-15-13-11-12-14-16-20-26(28)30-22-24(8-4)18-10-6-2;1-3-5-13-19-15(17)11-9-7-8-10-12-16(18)20-14-6-4-2/h23-24H,5-22H2,1-4H3;3-14H2,1-2H3. The molecule has 2 atom stereocenters. The molecule has 0 radical (unpaired) electrons. The van der Waals surface area contributed by atoms with E-state index >= 15 is 0 Å². The van der Waals surface area contributed by atoms with Gasteiger partial charge in [0.1, 0.15) is 0 Å². The van der Waals surface area contributed by atoms with E-state index in [2.05, 4.69) is 41.5 Å². The van der Waals surface area contributed by atoms with E-state index < -0.39 is 0 Å². The molecule has 0 rings (SSSR count). The number of hydrogen-bond donors (Lipinski definition) is 0. The number of carbonyl (C=O) groups excluding carboxylic acids is 4. The number of esters is 4. The molecule has 0 aliphatic heterocycles. The van der Waals surface area contributed by atoms with E-state index in [1.165, 1.54) is 25.7 Å². The summed E-state index contributed by atoms with van der Waals surface area (Å²) in [5.74, 6) is 0.749. The van der Waals surface area contributed by atoms with Crippen molar-refractivity contribution in [1.29, 1.82) is 0 Å². The van der Waals surface area contributed by atoms with Gasteiger partial charge in [-0.3, -0.25) is 19.2 Å². The monoisotopic (exact) mass is 713 g/mol. The molecule has 0 aliphatic rings. The van der Waals surface area contributed by atoms with Crippen LogP contribution in [-0.4, -0.2) is 50.3 Å². The van der Waals surface area contributed by atoms with Gasteiger partial charge in [0.2, 0.25) is 0 Å². The molecule has 2 unspecified atom stereocenters. The highest BCUT2D eigenvalue weighted by molar-refractivity contribution is 5.70. The Labute approximate surface area is 308 Å². The summed E-state index contributed by atoms with van der Waals surface area (Å²) in [4.78, 5) is 46.3. The molecule has 0 spiro atoms. The largest absolute Gasteiger partial charge is 0.466 e. The van der Waals surface area contributed by atoms with Gasteiger partial charge < -0.3 is 18.9 Å². The Hall–Kier alpha value is -2.12. The van der Waals surface area contributed by atoms with Gasteiger partial charge in [-0.25, -0.2) is 0 Å². The summed E-state index contributed by atoms with van der Waals surface area (Å²) in [5.41, 5.74) is 0. The molecule has 50 heavy (non-hydrogen) atoms. The first-order chi connectivity index (χ1) is 24.3. The second kappa shape index (κ2) is 39.7. The molecule has 8 nitrogen and oxygen atoms in total. The fourth-order valence-corrected chi connectivity index (χ4v) is 5.31. The molecule has 0 aromatic heterocycles. The molecule has 0 aliphatic carbocycles. The molecule has 8 heteroatoms. The van der Waals surface area contributed by atoms with E-state index in [1.807, 2.05) is 0 Å². The lowest BCUT2D eigenvalue weighted by Gasteiger charge is -2.14. The molecule has 0 amide bonds. The SMILES string of the molecule is CCCCC(CC)COC(=O)CCCCCCCCC(=O)OCC(CC)CCCC.CCCCOC(=O)CCCCCCC(=O)OCCCC. The third kappa shape index (κ3) is 37.1. The van der Waals surface area contributed by atoms with Crippen LogP contribution >= 0.6 is 0 Å². The van der Waals surface area contributed by atoms with Gasteiger partial charge >= 0.3 is 23.9 Å². The van der Waals surface area contributed by atoms with Crippen molar-refractivity contribution < 1.29 is 38.1 Å². The van der Waals surface area contributed by atoms with Crippen LogP contribution in [-0.2, 0) is 38.1 Å². The van der Waals surface area contributed by atoms with Crippen molar-refractivity contribution >= 4 is 23.9 Å². The summed E-state index contributed by atoms with van der Waals surface area (Å²) in [6, 6.07) is 0. The summed E-state index contributed by atoms with van der Waals surface area (Å²) in [6.07, 6.45) is 25.1. The number of unbranched alkanes of at least 4 members (excludes halogenated alkanes) is 12. The second-order valence-corrected chi connectivity index (χ2v) is 13.9. The fourth-order valence-electron chi connectivity index (χ4n) is 5.31. The van der Waals surface area contributed by atoms with E-state index in [9.17, 15) is 19.2 Å². The molecule has 0 heterocycles. The number of hydrogen-bond acceptors (Lipinski definition) is 8. The van der Waals surface area contributed by atoms with E-state index in [0.29, 0.717) is 63.9 Å². The smallest absolute Gasteiger partial charge is 0.305 e. The minimum Gasteiger partial charge on any atom is -0.466 e. The summed E-state index contributed by atoms with van der Waals surface area (Å²) in [6.45, 7) is 15.1. The first kappa shape index (κ1) is 50.0. The van der Waals surface area contributed by atoms with Crippen molar-refractivity contribution in [2.75, 3.05) is 26.4 Å². The third-order valence-corrected chi connectivity index (χ3v) is 9.09. The van der Waals surface area contributed by atoms with E-state index in [1.54, 1.807) is 0 Å². The summed E-state index contributed by atoms with van der Waals surface area (Å²) < 4.78 is 21.0. The zero-order valence-corrected chi connectivity index (χ0v) is 33.6. The lowest BCUT2D eigenvalue weighted by atomic mass is 10.0. The molecule has 0 bridgehead atoms. The Morgan fingerprint density at radius 3 is 0.920 bits per heavy atom. The predicted octanol–water partition coefficient (Wildman–Crippen LogP) is 11.6. The quantitative estimate of drug-likeness (QED) is 0.0369. The van der Waals surface area contributed by atoms with Crippen molar-refractivity contribution in [1.82, 2.24) is 0 Å². The van der Waals surface area contributed by atoms with Gasteiger partial charge in [-0.15, -0.1) is 0 Å². The Morgan fingerprint density at radius 1 is 0.360 bits per heavy atom. The molecule has 0 saturated heterocycles. The lowest BCUT2D eigenvalue weighted by Crippen LogP contribution is -2.13. The third-order valence-electron chi connectivity index (χ3n) is 9.09. The highest BCUT2D eigenvalue weighted by atomic mass is 16.5. The van der Waals surface area contributed by atoms with Crippen LogP contribution in [0.5, 0.6) is 0 Å². The Bertz CT molecular complexity index is 720. The van der Waals surface area contributed by atoms with Gasteiger partial charge in [0, 0.05) is 25.7 Å². The van der Waals surface area contributed by atoms with Crippen LogP contribution in [0.25, 0.3) is 0 Å². The maximum absolute atomic E-state index is 11.9. The van der Waals surface area contributed by atoms with Gasteiger partial charge in [-0.05, 0) is 63.2 Å². The zero-order chi connectivity index (χ0) is 37.5. The van der Waals surface area contributed by atoms with Crippen molar-refractivity contribution in [2.24, 2.45) is 11.8 Å². The number of ether oxygens (including phenoxy) is 4. The van der Waals surface area contributed by atoms with Crippen LogP contribution in [0, 0.1) is 11.8 Å². The Balaban J connectivity index is 0. The molecule has 0 N–H and O–H groups in total. The number of carbonyl (C=O) groups is 4. The highest BCUT2D eigenvalue weighted by Crippen LogP contribution is 2.16. The first-order valence-electron chi connectivity index (χ1n) is 20.9. The Kier molecular flexibility index (Phi) is 39.7. The van der Waals surface area contributed by atoms with Crippen LogP contribution < -0.4 is 0 Å². The van der Waals surface area contributed by atoms with Gasteiger partial charge in [0.25, 0.3) is 0 Å². The topological polar surface area (TPSA) is 105 Å². The molecular formula is C42H80O8. The van der Waals surface area contributed by atoms with Crippen LogP contribution in [0.1, 0.15) is 208 Å². The first-order valence-corrected chi connectivity index (χ1v) is 20.9. The van der Waals surface area contributed by atoms with Crippen LogP contribution in [0.4, 0.5) is 0 Å². The fraction of sp³-hybridized carbons (Fsp3) is 0.905.